The third-order valence-corrected chi connectivity index (χ3v) is 5.66. The lowest BCUT2D eigenvalue weighted by Gasteiger charge is -2.34. The van der Waals surface area contributed by atoms with E-state index in [0.29, 0.717) is 28.9 Å². The summed E-state index contributed by atoms with van der Waals surface area (Å²) in [5.41, 5.74) is 1.62. The first-order chi connectivity index (χ1) is 12.1. The van der Waals surface area contributed by atoms with Crippen LogP contribution in [-0.2, 0) is 11.2 Å². The fourth-order valence-electron chi connectivity index (χ4n) is 3.99. The van der Waals surface area contributed by atoms with Crippen LogP contribution in [-0.4, -0.2) is 38.0 Å². The number of aromatic nitrogens is 3. The number of amides is 1. The first kappa shape index (κ1) is 16.4. The van der Waals surface area contributed by atoms with Crippen LogP contribution in [0.3, 0.4) is 0 Å². The largest absolute Gasteiger partial charge is 0.339 e. The van der Waals surface area contributed by atoms with Crippen LogP contribution in [0.5, 0.6) is 0 Å². The maximum atomic E-state index is 13.1. The van der Waals surface area contributed by atoms with Crippen LogP contribution in [0.15, 0.2) is 17.1 Å². The summed E-state index contributed by atoms with van der Waals surface area (Å²) in [6, 6.07) is 2.12. The number of carbonyl (C=O) groups is 1. The highest BCUT2D eigenvalue weighted by atomic mass is 16.2. The van der Waals surface area contributed by atoms with E-state index in [4.69, 9.17) is 0 Å². The molecule has 25 heavy (non-hydrogen) atoms. The first-order valence-electron chi connectivity index (χ1n) is 9.48. The van der Waals surface area contributed by atoms with Gasteiger partial charge in [0.1, 0.15) is 0 Å². The van der Waals surface area contributed by atoms with E-state index in [0.717, 1.165) is 19.4 Å². The van der Waals surface area contributed by atoms with Crippen molar-refractivity contribution < 1.29 is 4.79 Å². The van der Waals surface area contributed by atoms with Gasteiger partial charge in [-0.1, -0.05) is 19.3 Å². The van der Waals surface area contributed by atoms with Crippen LogP contribution in [0.25, 0.3) is 5.65 Å². The summed E-state index contributed by atoms with van der Waals surface area (Å²) in [5, 5.41) is 2.88. The second-order valence-corrected chi connectivity index (χ2v) is 7.60. The van der Waals surface area contributed by atoms with Crippen molar-refractivity contribution in [1.82, 2.24) is 19.5 Å². The molecule has 0 aliphatic heterocycles. The summed E-state index contributed by atoms with van der Waals surface area (Å²) in [6.45, 7) is 2.69. The molecule has 1 N–H and O–H groups in total. The van der Waals surface area contributed by atoms with Gasteiger partial charge in [-0.15, -0.1) is 0 Å². The topological polar surface area (TPSA) is 70.5 Å². The van der Waals surface area contributed by atoms with E-state index in [-0.39, 0.29) is 17.9 Å². The Morgan fingerprint density at radius 2 is 2.04 bits per heavy atom. The zero-order valence-corrected chi connectivity index (χ0v) is 14.8. The molecule has 2 heterocycles. The third-order valence-electron chi connectivity index (χ3n) is 5.66. The SMILES string of the molecule is Cc1nc2cc[nH]n2c(=O)c1CC(=O)N(CC1CC1)C1CCCCC1. The lowest BCUT2D eigenvalue weighted by molar-refractivity contribution is -0.133. The number of H-pyrrole nitrogens is 1. The summed E-state index contributed by atoms with van der Waals surface area (Å²) in [6.07, 6.45) is 10.2. The lowest BCUT2D eigenvalue weighted by atomic mass is 9.93. The molecule has 4 rings (SSSR count). The standard InChI is InChI=1S/C19H26N4O2/c1-13-16(19(25)23-17(21-13)9-10-20-23)11-18(24)22(12-14-7-8-14)15-5-3-2-4-6-15/h9-10,14-15,20H,2-8,11-12H2,1H3. The summed E-state index contributed by atoms with van der Waals surface area (Å²) in [7, 11) is 0. The van der Waals surface area contributed by atoms with E-state index < -0.39 is 0 Å². The Labute approximate surface area is 147 Å². The maximum absolute atomic E-state index is 13.1. The van der Waals surface area contributed by atoms with Crippen molar-refractivity contribution in [2.75, 3.05) is 6.54 Å². The molecule has 2 aromatic heterocycles. The lowest BCUT2D eigenvalue weighted by Crippen LogP contribution is -2.44. The van der Waals surface area contributed by atoms with Gasteiger partial charge in [0.25, 0.3) is 5.56 Å². The Kier molecular flexibility index (Phi) is 4.36. The van der Waals surface area contributed by atoms with Crippen LogP contribution >= 0.6 is 0 Å². The predicted octanol–water partition coefficient (Wildman–Crippen LogP) is 2.44. The highest BCUT2D eigenvalue weighted by molar-refractivity contribution is 5.79. The van der Waals surface area contributed by atoms with Gasteiger partial charge in [-0.25, -0.2) is 9.50 Å². The smallest absolute Gasteiger partial charge is 0.276 e. The van der Waals surface area contributed by atoms with Gasteiger partial charge in [-0.05, 0) is 38.5 Å². The summed E-state index contributed by atoms with van der Waals surface area (Å²) in [5.74, 6) is 0.754. The second kappa shape index (κ2) is 6.65. The molecule has 0 unspecified atom stereocenters. The second-order valence-electron chi connectivity index (χ2n) is 7.60. The van der Waals surface area contributed by atoms with Crippen molar-refractivity contribution in [3.05, 3.63) is 33.9 Å². The van der Waals surface area contributed by atoms with Crippen molar-refractivity contribution in [3.8, 4) is 0 Å². The minimum absolute atomic E-state index is 0.0901. The van der Waals surface area contributed by atoms with Gasteiger partial charge < -0.3 is 4.90 Å². The number of rotatable bonds is 5. The molecule has 0 saturated heterocycles. The quantitative estimate of drug-likeness (QED) is 0.907. The van der Waals surface area contributed by atoms with Crippen LogP contribution in [0.4, 0.5) is 0 Å². The fourth-order valence-corrected chi connectivity index (χ4v) is 3.99. The Bertz CT molecular complexity index is 828. The van der Waals surface area contributed by atoms with Crippen molar-refractivity contribution in [2.24, 2.45) is 5.92 Å². The highest BCUT2D eigenvalue weighted by Gasteiger charge is 2.32. The Morgan fingerprint density at radius 3 is 2.76 bits per heavy atom. The summed E-state index contributed by atoms with van der Waals surface area (Å²) >= 11 is 0. The monoisotopic (exact) mass is 342 g/mol. The maximum Gasteiger partial charge on any atom is 0.276 e. The molecule has 6 nitrogen and oxygen atoms in total. The average Bonchev–Trinajstić information content (AvgIpc) is 3.32. The molecule has 0 atom stereocenters. The van der Waals surface area contributed by atoms with Crippen LogP contribution in [0.2, 0.25) is 0 Å². The molecule has 2 aromatic rings. The van der Waals surface area contributed by atoms with Crippen molar-refractivity contribution in [2.45, 2.75) is 64.3 Å². The Morgan fingerprint density at radius 1 is 1.28 bits per heavy atom. The number of fused-ring (bicyclic) bond motifs is 1. The summed E-state index contributed by atoms with van der Waals surface area (Å²) in [4.78, 5) is 32.3. The molecule has 2 aliphatic rings. The van der Waals surface area contributed by atoms with E-state index in [9.17, 15) is 9.59 Å². The molecule has 2 saturated carbocycles. The molecule has 0 aromatic carbocycles. The van der Waals surface area contributed by atoms with Crippen LogP contribution in [0.1, 0.15) is 56.2 Å². The third kappa shape index (κ3) is 3.34. The number of carbonyl (C=O) groups excluding carboxylic acids is 1. The van der Waals surface area contributed by atoms with Crippen molar-refractivity contribution in [3.63, 3.8) is 0 Å². The molecular weight excluding hydrogens is 316 g/mol. The number of hydrogen-bond donors (Lipinski definition) is 1. The van der Waals surface area contributed by atoms with E-state index in [1.54, 1.807) is 12.3 Å². The van der Waals surface area contributed by atoms with E-state index in [2.05, 4.69) is 15.0 Å². The van der Waals surface area contributed by atoms with Gasteiger partial charge >= 0.3 is 0 Å². The zero-order chi connectivity index (χ0) is 17.4. The zero-order valence-electron chi connectivity index (χ0n) is 14.8. The minimum Gasteiger partial charge on any atom is -0.339 e. The summed E-state index contributed by atoms with van der Waals surface area (Å²) < 4.78 is 1.42. The number of aromatic amines is 1. The molecule has 6 heteroatoms. The highest BCUT2D eigenvalue weighted by Crippen LogP contribution is 2.33. The van der Waals surface area contributed by atoms with Gasteiger partial charge in [0.05, 0.1) is 6.42 Å². The fraction of sp³-hybridized carbons (Fsp3) is 0.632. The molecule has 0 spiro atoms. The van der Waals surface area contributed by atoms with E-state index >= 15 is 0 Å². The average molecular weight is 342 g/mol. The first-order valence-corrected chi connectivity index (χ1v) is 9.48. The number of nitrogens with zero attached hydrogens (tertiary/aromatic N) is 3. The van der Waals surface area contributed by atoms with E-state index in [1.807, 2.05) is 6.92 Å². The Hall–Kier alpha value is -2.11. The molecule has 1 amide bonds. The number of nitrogens with one attached hydrogen (secondary N) is 1. The van der Waals surface area contributed by atoms with Gasteiger partial charge in [0.2, 0.25) is 5.91 Å². The number of hydrogen-bond acceptors (Lipinski definition) is 3. The Balaban J connectivity index is 1.59. The molecule has 0 bridgehead atoms. The number of aryl methyl sites for hydroxylation is 1. The van der Waals surface area contributed by atoms with Crippen molar-refractivity contribution in [1.29, 1.82) is 0 Å². The predicted molar refractivity (Wildman–Crippen MR) is 95.6 cm³/mol. The van der Waals surface area contributed by atoms with Crippen LogP contribution in [0, 0.1) is 12.8 Å². The molecule has 134 valence electrons. The molecule has 2 aliphatic carbocycles. The normalized spacial score (nSPS) is 18.6. The minimum atomic E-state index is -0.157. The van der Waals surface area contributed by atoms with Crippen molar-refractivity contribution >= 4 is 11.6 Å². The van der Waals surface area contributed by atoms with Gasteiger partial charge in [-0.2, -0.15) is 0 Å². The van der Waals surface area contributed by atoms with Gasteiger partial charge in [-0.3, -0.25) is 14.7 Å². The van der Waals surface area contributed by atoms with Gasteiger partial charge in [0.15, 0.2) is 5.65 Å². The van der Waals surface area contributed by atoms with Gasteiger partial charge in [0, 0.05) is 36.1 Å². The van der Waals surface area contributed by atoms with E-state index in [1.165, 1.54) is 36.6 Å². The molecular formula is C19H26N4O2. The molecule has 0 radical (unpaired) electrons. The molecule has 2 fully saturated rings. The van der Waals surface area contributed by atoms with Crippen LogP contribution < -0.4 is 5.56 Å².